The van der Waals surface area contributed by atoms with Gasteiger partial charge in [0.05, 0.1) is 5.92 Å². The lowest BCUT2D eigenvalue weighted by atomic mass is 9.85. The van der Waals surface area contributed by atoms with Gasteiger partial charge in [0.1, 0.15) is 0 Å². The summed E-state index contributed by atoms with van der Waals surface area (Å²) >= 11 is 0. The molecule has 0 aromatic rings. The van der Waals surface area contributed by atoms with Gasteiger partial charge >= 0.3 is 0 Å². The molecule has 0 amide bonds. The van der Waals surface area contributed by atoms with Gasteiger partial charge in [-0.05, 0) is 24.1 Å². The number of rotatable bonds is 0. The quantitative estimate of drug-likeness (QED) is 0.570. The number of hydrogen-bond acceptors (Lipinski definition) is 1. The van der Waals surface area contributed by atoms with Gasteiger partial charge in [-0.15, -0.1) is 0 Å². The fraction of sp³-hybridized carbons (Fsp3) is 0.308. The topological polar surface area (TPSA) is 17.1 Å². The van der Waals surface area contributed by atoms with Crippen LogP contribution in [0, 0.1) is 5.92 Å². The van der Waals surface area contributed by atoms with Crippen LogP contribution in [0.1, 0.15) is 20.8 Å². The van der Waals surface area contributed by atoms with E-state index in [2.05, 4.69) is 6.08 Å². The highest BCUT2D eigenvalue weighted by molar-refractivity contribution is 5.98. The Morgan fingerprint density at radius 2 is 1.86 bits per heavy atom. The zero-order valence-corrected chi connectivity index (χ0v) is 8.95. The molecule has 74 valence electrons. The lowest BCUT2D eigenvalue weighted by molar-refractivity contribution is -0.116. The van der Waals surface area contributed by atoms with Gasteiger partial charge in [-0.25, -0.2) is 0 Å². The number of carbonyl (C=O) groups is 1. The van der Waals surface area contributed by atoms with Crippen LogP contribution in [0.5, 0.6) is 0 Å². The summed E-state index contributed by atoms with van der Waals surface area (Å²) in [4.78, 5) is 11.4. The number of ketones is 1. The van der Waals surface area contributed by atoms with E-state index < -0.39 is 0 Å². The summed E-state index contributed by atoms with van der Waals surface area (Å²) in [6.07, 6.45) is 11.6. The minimum absolute atomic E-state index is 0.0151. The molecule has 1 atom stereocenters. The molecule has 0 saturated carbocycles. The van der Waals surface area contributed by atoms with Crippen LogP contribution in [0.15, 0.2) is 47.6 Å². The predicted molar refractivity (Wildman–Crippen MR) is 60.0 cm³/mol. The maximum atomic E-state index is 11.4. The first-order chi connectivity index (χ1) is 6.77. The molecule has 14 heavy (non-hydrogen) atoms. The van der Waals surface area contributed by atoms with Crippen molar-refractivity contribution in [3.8, 4) is 0 Å². The van der Waals surface area contributed by atoms with Gasteiger partial charge in [-0.2, -0.15) is 0 Å². The third-order valence-electron chi connectivity index (χ3n) is 2.13. The molecule has 0 aliphatic heterocycles. The van der Waals surface area contributed by atoms with E-state index in [0.717, 1.165) is 11.1 Å². The number of fused-ring (bicyclic) bond motifs is 1. The molecular formula is C13H16O. The molecule has 0 spiro atoms. The molecule has 1 nitrogen and oxygen atoms in total. The van der Waals surface area contributed by atoms with E-state index >= 15 is 0 Å². The van der Waals surface area contributed by atoms with E-state index in [1.165, 1.54) is 0 Å². The number of allylic oxidation sites excluding steroid dienone is 8. The Hall–Kier alpha value is -1.37. The third kappa shape index (κ3) is 2.11. The summed E-state index contributed by atoms with van der Waals surface area (Å²) in [6.45, 7) is 5.95. The molecule has 1 unspecified atom stereocenters. The molecule has 2 rings (SSSR count). The van der Waals surface area contributed by atoms with Crippen LogP contribution in [0.3, 0.4) is 0 Å². The van der Waals surface area contributed by atoms with Crippen molar-refractivity contribution < 1.29 is 4.79 Å². The van der Waals surface area contributed by atoms with E-state index in [4.69, 9.17) is 0 Å². The van der Waals surface area contributed by atoms with Gasteiger partial charge in [-0.3, -0.25) is 4.79 Å². The van der Waals surface area contributed by atoms with Crippen LogP contribution in [0.4, 0.5) is 0 Å². The maximum absolute atomic E-state index is 11.4. The molecule has 0 heterocycles. The SMILES string of the molecule is CC.CC1=CC(=O)C2C=CC=CC2=C1. The highest BCUT2D eigenvalue weighted by Gasteiger charge is 2.21. The van der Waals surface area contributed by atoms with Gasteiger partial charge in [-0.1, -0.05) is 44.2 Å². The Morgan fingerprint density at radius 1 is 1.14 bits per heavy atom. The first-order valence-electron chi connectivity index (χ1n) is 5.06. The van der Waals surface area contributed by atoms with Gasteiger partial charge in [0.25, 0.3) is 0 Å². The van der Waals surface area contributed by atoms with Gasteiger partial charge in [0.15, 0.2) is 5.78 Å². The van der Waals surface area contributed by atoms with Crippen LogP contribution in [0.25, 0.3) is 0 Å². The molecule has 0 bridgehead atoms. The third-order valence-corrected chi connectivity index (χ3v) is 2.13. The van der Waals surface area contributed by atoms with Crippen LogP contribution in [0.2, 0.25) is 0 Å². The summed E-state index contributed by atoms with van der Waals surface area (Å²) in [6, 6.07) is 0. The standard InChI is InChI=1S/C11H10O.C2H6/c1-8-6-9-4-2-3-5-10(9)11(12)7-8;1-2/h2-7,10H,1H3;1-2H3. The van der Waals surface area contributed by atoms with Crippen LogP contribution >= 0.6 is 0 Å². The zero-order valence-electron chi connectivity index (χ0n) is 8.95. The first-order valence-corrected chi connectivity index (χ1v) is 5.06. The molecule has 0 saturated heterocycles. The first kappa shape index (κ1) is 10.7. The van der Waals surface area contributed by atoms with Crippen LogP contribution in [-0.2, 0) is 4.79 Å². The maximum Gasteiger partial charge on any atom is 0.167 e. The Bertz CT molecular complexity index is 340. The summed E-state index contributed by atoms with van der Waals surface area (Å²) in [5, 5.41) is 0. The summed E-state index contributed by atoms with van der Waals surface area (Å²) in [7, 11) is 0. The van der Waals surface area contributed by atoms with Gasteiger partial charge in [0, 0.05) is 0 Å². The van der Waals surface area contributed by atoms with E-state index in [1.807, 2.05) is 45.1 Å². The summed E-state index contributed by atoms with van der Waals surface area (Å²) in [5.74, 6) is 0.185. The van der Waals surface area contributed by atoms with Crippen molar-refractivity contribution >= 4 is 5.78 Å². The average Bonchev–Trinajstić information content (AvgIpc) is 2.20. The highest BCUT2D eigenvalue weighted by Crippen LogP contribution is 2.25. The second-order valence-corrected chi connectivity index (χ2v) is 3.16. The zero-order chi connectivity index (χ0) is 10.6. The van der Waals surface area contributed by atoms with Crippen LogP contribution < -0.4 is 0 Å². The Morgan fingerprint density at radius 3 is 2.57 bits per heavy atom. The smallest absolute Gasteiger partial charge is 0.167 e. The monoisotopic (exact) mass is 188 g/mol. The molecule has 0 aromatic carbocycles. The van der Waals surface area contributed by atoms with Crippen molar-refractivity contribution in [2.45, 2.75) is 20.8 Å². The van der Waals surface area contributed by atoms with Gasteiger partial charge in [0.2, 0.25) is 0 Å². The van der Waals surface area contributed by atoms with E-state index in [9.17, 15) is 4.79 Å². The average molecular weight is 188 g/mol. The van der Waals surface area contributed by atoms with E-state index in [-0.39, 0.29) is 11.7 Å². The Balaban J connectivity index is 0.000000461. The van der Waals surface area contributed by atoms with Crippen molar-refractivity contribution in [2.24, 2.45) is 5.92 Å². The summed E-state index contributed by atoms with van der Waals surface area (Å²) in [5.41, 5.74) is 2.16. The highest BCUT2D eigenvalue weighted by atomic mass is 16.1. The lowest BCUT2D eigenvalue weighted by Gasteiger charge is -2.18. The van der Waals surface area contributed by atoms with Crippen molar-refractivity contribution in [1.82, 2.24) is 0 Å². The normalized spacial score (nSPS) is 23.1. The minimum atomic E-state index is -0.0151. The fourth-order valence-electron chi connectivity index (χ4n) is 1.57. The summed E-state index contributed by atoms with van der Waals surface area (Å²) < 4.78 is 0. The van der Waals surface area contributed by atoms with E-state index in [1.54, 1.807) is 6.08 Å². The Labute approximate surface area is 85.5 Å². The van der Waals surface area contributed by atoms with Crippen molar-refractivity contribution in [3.05, 3.63) is 47.6 Å². The molecule has 0 radical (unpaired) electrons. The second kappa shape index (κ2) is 4.75. The molecule has 2 aliphatic carbocycles. The van der Waals surface area contributed by atoms with Gasteiger partial charge < -0.3 is 0 Å². The molecule has 0 aromatic heterocycles. The molecule has 1 heteroatoms. The van der Waals surface area contributed by atoms with E-state index in [0.29, 0.717) is 0 Å². The number of carbonyl (C=O) groups excluding carboxylic acids is 1. The van der Waals surface area contributed by atoms with Crippen molar-refractivity contribution in [1.29, 1.82) is 0 Å². The minimum Gasteiger partial charge on any atom is -0.294 e. The predicted octanol–water partition coefficient (Wildman–Crippen LogP) is 3.21. The fourth-order valence-corrected chi connectivity index (χ4v) is 1.57. The second-order valence-electron chi connectivity index (χ2n) is 3.16. The van der Waals surface area contributed by atoms with Crippen molar-refractivity contribution in [2.75, 3.05) is 0 Å². The molecular weight excluding hydrogens is 172 g/mol. The number of hydrogen-bond donors (Lipinski definition) is 0. The molecule has 0 fully saturated rings. The lowest BCUT2D eigenvalue weighted by Crippen LogP contribution is -2.16. The molecule has 0 N–H and O–H groups in total. The largest absolute Gasteiger partial charge is 0.294 e. The van der Waals surface area contributed by atoms with Crippen molar-refractivity contribution in [3.63, 3.8) is 0 Å². The van der Waals surface area contributed by atoms with Crippen LogP contribution in [-0.4, -0.2) is 5.78 Å². The molecule has 2 aliphatic rings. The Kier molecular flexibility index (Phi) is 3.63.